The number of nitrogens with zero attached hydrogens (tertiary/aromatic N) is 1. The summed E-state index contributed by atoms with van der Waals surface area (Å²) in [4.78, 5) is 25.7. The number of benzene rings is 1. The van der Waals surface area contributed by atoms with Crippen LogP contribution in [0.3, 0.4) is 0 Å². The largest absolute Gasteiger partial charge is 0.352 e. The molecular formula is C14H18N2O2. The summed E-state index contributed by atoms with van der Waals surface area (Å²) >= 11 is 0. The van der Waals surface area contributed by atoms with Crippen molar-refractivity contribution in [1.29, 1.82) is 0 Å². The minimum absolute atomic E-state index is 0.0260. The van der Waals surface area contributed by atoms with Crippen LogP contribution in [0.15, 0.2) is 24.3 Å². The lowest BCUT2D eigenvalue weighted by atomic mass is 9.97. The fourth-order valence-corrected chi connectivity index (χ4v) is 2.34. The molecule has 1 unspecified atom stereocenters. The summed E-state index contributed by atoms with van der Waals surface area (Å²) < 4.78 is 0. The Hall–Kier alpha value is -1.84. The van der Waals surface area contributed by atoms with Gasteiger partial charge in [-0.1, -0.05) is 31.2 Å². The Balaban J connectivity index is 2.39. The van der Waals surface area contributed by atoms with Gasteiger partial charge >= 0.3 is 0 Å². The van der Waals surface area contributed by atoms with E-state index in [9.17, 15) is 9.59 Å². The number of nitrogens with one attached hydrogen (secondary N) is 1. The molecule has 1 atom stereocenters. The van der Waals surface area contributed by atoms with Crippen LogP contribution in [0, 0.1) is 6.92 Å². The molecule has 4 heteroatoms. The molecule has 4 nitrogen and oxygen atoms in total. The van der Waals surface area contributed by atoms with Crippen LogP contribution in [-0.2, 0) is 9.59 Å². The van der Waals surface area contributed by atoms with Crippen LogP contribution >= 0.6 is 0 Å². The third-order valence-corrected chi connectivity index (χ3v) is 3.32. The van der Waals surface area contributed by atoms with Gasteiger partial charge in [-0.25, -0.2) is 0 Å². The molecule has 1 N–H and O–H groups in total. The van der Waals surface area contributed by atoms with Crippen LogP contribution in [0.1, 0.15) is 30.5 Å². The minimum atomic E-state index is -0.479. The van der Waals surface area contributed by atoms with E-state index in [4.69, 9.17) is 0 Å². The molecule has 0 bridgehead atoms. The first-order valence-electron chi connectivity index (χ1n) is 6.28. The fourth-order valence-electron chi connectivity index (χ4n) is 2.34. The van der Waals surface area contributed by atoms with Gasteiger partial charge in [-0.3, -0.25) is 9.59 Å². The number of carbonyl (C=O) groups excluding carboxylic acids is 2. The van der Waals surface area contributed by atoms with Gasteiger partial charge in [-0.15, -0.1) is 0 Å². The van der Waals surface area contributed by atoms with Gasteiger partial charge in [0.05, 0.1) is 0 Å². The Morgan fingerprint density at radius 3 is 2.83 bits per heavy atom. The predicted molar refractivity (Wildman–Crippen MR) is 68.9 cm³/mol. The van der Waals surface area contributed by atoms with E-state index < -0.39 is 6.04 Å². The standard InChI is InChI=1S/C14H18N2O2/c1-3-12(17)16-9-8-15-14(18)13(16)11-7-5-4-6-10(11)2/h4-7,13H,3,8-9H2,1-2H3,(H,15,18). The van der Waals surface area contributed by atoms with Crippen LogP contribution in [0.2, 0.25) is 0 Å². The Morgan fingerprint density at radius 1 is 1.44 bits per heavy atom. The highest BCUT2D eigenvalue weighted by atomic mass is 16.2. The second-order valence-corrected chi connectivity index (χ2v) is 4.49. The molecule has 1 aromatic rings. The van der Waals surface area contributed by atoms with Crippen molar-refractivity contribution in [2.75, 3.05) is 13.1 Å². The molecule has 2 rings (SSSR count). The van der Waals surface area contributed by atoms with Gasteiger partial charge in [0.15, 0.2) is 0 Å². The summed E-state index contributed by atoms with van der Waals surface area (Å²) in [5, 5.41) is 2.83. The summed E-state index contributed by atoms with van der Waals surface area (Å²) in [6.07, 6.45) is 0.426. The summed E-state index contributed by atoms with van der Waals surface area (Å²) in [6.45, 7) is 4.90. The zero-order valence-corrected chi connectivity index (χ0v) is 10.8. The van der Waals surface area contributed by atoms with Crippen molar-refractivity contribution in [3.63, 3.8) is 0 Å². The Morgan fingerprint density at radius 2 is 2.17 bits per heavy atom. The van der Waals surface area contributed by atoms with Crippen LogP contribution in [0.4, 0.5) is 0 Å². The lowest BCUT2D eigenvalue weighted by Gasteiger charge is -2.35. The predicted octanol–water partition coefficient (Wildman–Crippen LogP) is 1.40. The van der Waals surface area contributed by atoms with E-state index in [1.54, 1.807) is 4.90 Å². The van der Waals surface area contributed by atoms with Crippen molar-refractivity contribution < 1.29 is 9.59 Å². The van der Waals surface area contributed by atoms with Crippen LogP contribution in [0.5, 0.6) is 0 Å². The molecule has 0 radical (unpaired) electrons. The maximum Gasteiger partial charge on any atom is 0.247 e. The van der Waals surface area contributed by atoms with E-state index in [0.717, 1.165) is 11.1 Å². The number of carbonyl (C=O) groups is 2. The molecule has 1 aliphatic rings. The molecule has 18 heavy (non-hydrogen) atoms. The number of rotatable bonds is 2. The summed E-state index contributed by atoms with van der Waals surface area (Å²) in [7, 11) is 0. The molecular weight excluding hydrogens is 228 g/mol. The number of piperazine rings is 1. The molecule has 1 heterocycles. The molecule has 1 aliphatic heterocycles. The maximum atomic E-state index is 12.1. The summed E-state index contributed by atoms with van der Waals surface area (Å²) in [5.41, 5.74) is 1.95. The van der Waals surface area contributed by atoms with Crippen LogP contribution in [0.25, 0.3) is 0 Å². The van der Waals surface area contributed by atoms with Crippen molar-refractivity contribution in [2.24, 2.45) is 0 Å². The lowest BCUT2D eigenvalue weighted by molar-refractivity contribution is -0.143. The van der Waals surface area contributed by atoms with Crippen molar-refractivity contribution in [3.05, 3.63) is 35.4 Å². The number of hydrogen-bond donors (Lipinski definition) is 1. The first-order chi connectivity index (χ1) is 8.65. The molecule has 2 amide bonds. The zero-order valence-electron chi connectivity index (χ0n) is 10.8. The molecule has 0 aliphatic carbocycles. The second kappa shape index (κ2) is 5.21. The van der Waals surface area contributed by atoms with E-state index in [1.165, 1.54) is 0 Å². The number of amides is 2. The Labute approximate surface area is 107 Å². The average Bonchev–Trinajstić information content (AvgIpc) is 2.39. The maximum absolute atomic E-state index is 12.1. The average molecular weight is 246 g/mol. The van der Waals surface area contributed by atoms with E-state index in [0.29, 0.717) is 19.5 Å². The number of hydrogen-bond acceptors (Lipinski definition) is 2. The molecule has 96 valence electrons. The van der Waals surface area contributed by atoms with E-state index in [2.05, 4.69) is 5.32 Å². The van der Waals surface area contributed by atoms with Gasteiger partial charge in [-0.05, 0) is 18.1 Å². The van der Waals surface area contributed by atoms with Gasteiger partial charge in [0.25, 0.3) is 0 Å². The monoisotopic (exact) mass is 246 g/mol. The second-order valence-electron chi connectivity index (χ2n) is 4.49. The number of aryl methyl sites for hydroxylation is 1. The van der Waals surface area contributed by atoms with Gasteiger partial charge in [0, 0.05) is 19.5 Å². The van der Waals surface area contributed by atoms with E-state index in [-0.39, 0.29) is 11.8 Å². The third kappa shape index (κ3) is 2.23. The summed E-state index contributed by atoms with van der Waals surface area (Å²) in [5.74, 6) is -0.0598. The van der Waals surface area contributed by atoms with Gasteiger partial charge in [-0.2, -0.15) is 0 Å². The fraction of sp³-hybridized carbons (Fsp3) is 0.429. The highest BCUT2D eigenvalue weighted by molar-refractivity contribution is 5.90. The SMILES string of the molecule is CCC(=O)N1CCNC(=O)C1c1ccccc1C. The topological polar surface area (TPSA) is 49.4 Å². The first-order valence-corrected chi connectivity index (χ1v) is 6.28. The normalized spacial score (nSPS) is 19.6. The van der Waals surface area contributed by atoms with Gasteiger partial charge in [0.1, 0.15) is 6.04 Å². The summed E-state index contributed by atoms with van der Waals surface area (Å²) in [6, 6.07) is 7.24. The van der Waals surface area contributed by atoms with Crippen LogP contribution in [-0.4, -0.2) is 29.8 Å². The highest BCUT2D eigenvalue weighted by Gasteiger charge is 2.34. The zero-order chi connectivity index (χ0) is 13.1. The smallest absolute Gasteiger partial charge is 0.247 e. The van der Waals surface area contributed by atoms with Crippen molar-refractivity contribution in [1.82, 2.24) is 10.2 Å². The van der Waals surface area contributed by atoms with Crippen molar-refractivity contribution in [2.45, 2.75) is 26.3 Å². The minimum Gasteiger partial charge on any atom is -0.352 e. The van der Waals surface area contributed by atoms with Gasteiger partial charge < -0.3 is 10.2 Å². The molecule has 1 saturated heterocycles. The Kier molecular flexibility index (Phi) is 3.65. The van der Waals surface area contributed by atoms with Crippen molar-refractivity contribution in [3.8, 4) is 0 Å². The van der Waals surface area contributed by atoms with Crippen molar-refractivity contribution >= 4 is 11.8 Å². The molecule has 0 spiro atoms. The molecule has 0 saturated carbocycles. The van der Waals surface area contributed by atoms with E-state index in [1.807, 2.05) is 38.1 Å². The molecule has 0 aromatic heterocycles. The first kappa shape index (κ1) is 12.6. The third-order valence-electron chi connectivity index (χ3n) is 3.32. The van der Waals surface area contributed by atoms with E-state index >= 15 is 0 Å². The molecule has 1 fully saturated rings. The highest BCUT2D eigenvalue weighted by Crippen LogP contribution is 2.26. The lowest BCUT2D eigenvalue weighted by Crippen LogP contribution is -2.52. The Bertz CT molecular complexity index is 471. The van der Waals surface area contributed by atoms with Crippen LogP contribution < -0.4 is 5.32 Å². The quantitative estimate of drug-likeness (QED) is 0.857. The molecule has 1 aromatic carbocycles. The van der Waals surface area contributed by atoms with Gasteiger partial charge in [0.2, 0.25) is 11.8 Å².